The van der Waals surface area contributed by atoms with Crippen molar-refractivity contribution >= 4 is 0 Å². The van der Waals surface area contributed by atoms with Crippen molar-refractivity contribution in [2.24, 2.45) is 0 Å². The molecule has 1 rings (SSSR count). The first-order chi connectivity index (χ1) is 3.00. The van der Waals surface area contributed by atoms with Crippen LogP contribution in [0.1, 0.15) is 19.3 Å². The Kier molecular flexibility index (Phi) is 5.08. The van der Waals surface area contributed by atoms with Gasteiger partial charge in [0, 0.05) is 0 Å². The summed E-state index contributed by atoms with van der Waals surface area (Å²) in [5.41, 5.74) is 0. The van der Waals surface area contributed by atoms with Gasteiger partial charge in [0.2, 0.25) is 0 Å². The zero-order valence-corrected chi connectivity index (χ0v) is 4.98. The molecule has 0 bridgehead atoms. The second kappa shape index (κ2) is 4.71. The Labute approximate surface area is 57.0 Å². The Morgan fingerprint density at radius 2 is 1.43 bits per heavy atom. The van der Waals surface area contributed by atoms with Gasteiger partial charge in [-0.05, 0) is 0 Å². The summed E-state index contributed by atoms with van der Waals surface area (Å²) in [6, 6.07) is 0. The van der Waals surface area contributed by atoms with Crippen LogP contribution in [0, 0.1) is 0 Å². The van der Waals surface area contributed by atoms with E-state index in [9.17, 15) is 0 Å². The molecule has 1 fully saturated rings. The average Bonchev–Trinajstić information content (AvgIpc) is 1.72. The van der Waals surface area contributed by atoms with Gasteiger partial charge in [0.25, 0.3) is 0 Å². The zero-order valence-electron chi connectivity index (χ0n) is 4.98. The van der Waals surface area contributed by atoms with Crippen LogP contribution in [-0.2, 0) is 0 Å². The van der Waals surface area contributed by atoms with Crippen LogP contribution >= 0.6 is 0 Å². The van der Waals surface area contributed by atoms with E-state index in [0.29, 0.717) is 0 Å². The summed E-state index contributed by atoms with van der Waals surface area (Å²) in [5.74, 6) is 0. The van der Waals surface area contributed by atoms with Gasteiger partial charge in [0.1, 0.15) is 0 Å². The quantitative estimate of drug-likeness (QED) is 0.324. The van der Waals surface area contributed by atoms with Crippen molar-refractivity contribution in [1.29, 1.82) is 0 Å². The Bertz CT molecular complexity index is 23.6. The van der Waals surface area contributed by atoms with Crippen molar-refractivity contribution in [3.63, 3.8) is 0 Å². The summed E-state index contributed by atoms with van der Waals surface area (Å²) in [6.45, 7) is 2.25. The minimum absolute atomic E-state index is 0. The molecule has 0 unspecified atom stereocenters. The average molecular weight is 91.1 g/mol. The third-order valence-corrected chi connectivity index (χ3v) is 1.13. The van der Waals surface area contributed by atoms with Gasteiger partial charge in [-0.2, -0.15) is 0 Å². The largest absolute Gasteiger partial charge is 1.00 e. The number of hydrogen-bond donors (Lipinski definition) is 0. The van der Waals surface area contributed by atoms with Gasteiger partial charge in [0.15, 0.2) is 0 Å². The molecule has 0 aromatic rings. The molecule has 0 aromatic heterocycles. The van der Waals surface area contributed by atoms with Crippen LogP contribution in [0.3, 0.4) is 0 Å². The van der Waals surface area contributed by atoms with Crippen LogP contribution in [0.2, 0.25) is 0 Å². The van der Waals surface area contributed by atoms with Crippen molar-refractivity contribution in [3.8, 4) is 0 Å². The first-order valence-electron chi connectivity index (χ1n) is 2.63. The minimum atomic E-state index is 0. The number of piperidine rings is 1. The summed E-state index contributed by atoms with van der Waals surface area (Å²) in [6.07, 6.45) is 4.07. The molecule has 0 radical (unpaired) electrons. The van der Waals surface area contributed by atoms with E-state index < -0.39 is 0 Å². The Hall–Kier alpha value is 0.557. The van der Waals surface area contributed by atoms with Crippen molar-refractivity contribution < 1.29 is 18.9 Å². The van der Waals surface area contributed by atoms with E-state index in [0.717, 1.165) is 13.1 Å². The molecule has 0 aliphatic carbocycles. The first kappa shape index (κ1) is 7.56. The van der Waals surface area contributed by atoms with Crippen LogP contribution < -0.4 is 18.9 Å². The number of hydrogen-bond acceptors (Lipinski definition) is 0. The van der Waals surface area contributed by atoms with E-state index in [1.807, 2.05) is 0 Å². The van der Waals surface area contributed by atoms with E-state index in [1.54, 1.807) is 0 Å². The fraction of sp³-hybridized carbons (Fsp3) is 1.00. The molecular formula is C5H10LiN. The summed E-state index contributed by atoms with van der Waals surface area (Å²) >= 11 is 0. The molecule has 0 spiro atoms. The van der Waals surface area contributed by atoms with Crippen molar-refractivity contribution in [2.75, 3.05) is 13.1 Å². The van der Waals surface area contributed by atoms with Gasteiger partial charge < -0.3 is 5.32 Å². The van der Waals surface area contributed by atoms with Gasteiger partial charge in [0.05, 0.1) is 0 Å². The molecule has 0 atom stereocenters. The number of rotatable bonds is 0. The van der Waals surface area contributed by atoms with E-state index >= 15 is 0 Å². The maximum absolute atomic E-state index is 4.18. The standard InChI is InChI=1S/C5H10N.Li/c1-2-4-6-5-3-1;/h1-5H2;/q-1;+1. The molecule has 1 aliphatic heterocycles. The normalized spacial score (nSPS) is 20.6. The maximum Gasteiger partial charge on any atom is 1.00 e. The van der Waals surface area contributed by atoms with Gasteiger partial charge in [-0.1, -0.05) is 19.3 Å². The predicted octanol–water partition coefficient (Wildman–Crippen LogP) is -1.45. The van der Waals surface area contributed by atoms with E-state index in [2.05, 4.69) is 5.32 Å². The van der Waals surface area contributed by atoms with Crippen LogP contribution in [-0.4, -0.2) is 13.1 Å². The molecule has 1 saturated heterocycles. The van der Waals surface area contributed by atoms with Crippen molar-refractivity contribution in [3.05, 3.63) is 5.32 Å². The summed E-state index contributed by atoms with van der Waals surface area (Å²) in [5, 5.41) is 4.18. The Balaban J connectivity index is 0.000000360. The van der Waals surface area contributed by atoms with Crippen LogP contribution in [0.5, 0.6) is 0 Å². The maximum atomic E-state index is 4.18. The van der Waals surface area contributed by atoms with Crippen molar-refractivity contribution in [1.82, 2.24) is 0 Å². The van der Waals surface area contributed by atoms with Crippen LogP contribution in [0.25, 0.3) is 5.32 Å². The molecule has 0 saturated carbocycles. The second-order valence-corrected chi connectivity index (χ2v) is 1.73. The molecule has 1 aliphatic rings. The van der Waals surface area contributed by atoms with Crippen LogP contribution in [0.4, 0.5) is 0 Å². The van der Waals surface area contributed by atoms with Gasteiger partial charge in [-0.15, -0.1) is 13.1 Å². The monoisotopic (exact) mass is 91.1 g/mol. The SMILES string of the molecule is C1CC[N-]CC1.[Li+]. The number of nitrogens with zero attached hydrogens (tertiary/aromatic N) is 1. The van der Waals surface area contributed by atoms with Gasteiger partial charge >= 0.3 is 18.9 Å². The molecule has 2 heteroatoms. The third kappa shape index (κ3) is 3.17. The van der Waals surface area contributed by atoms with E-state index in [4.69, 9.17) is 0 Å². The molecule has 0 amide bonds. The van der Waals surface area contributed by atoms with Gasteiger partial charge in [-0.3, -0.25) is 0 Å². The molecular weight excluding hydrogens is 81.0 g/mol. The fourth-order valence-corrected chi connectivity index (χ4v) is 0.736. The molecule has 0 aromatic carbocycles. The molecule has 1 nitrogen and oxygen atoms in total. The fourth-order valence-electron chi connectivity index (χ4n) is 0.736. The van der Waals surface area contributed by atoms with Crippen LogP contribution in [0.15, 0.2) is 0 Å². The summed E-state index contributed by atoms with van der Waals surface area (Å²) in [7, 11) is 0. The van der Waals surface area contributed by atoms with E-state index in [1.165, 1.54) is 19.3 Å². The Morgan fingerprint density at radius 3 is 1.57 bits per heavy atom. The summed E-state index contributed by atoms with van der Waals surface area (Å²) < 4.78 is 0. The second-order valence-electron chi connectivity index (χ2n) is 1.73. The third-order valence-electron chi connectivity index (χ3n) is 1.13. The molecule has 36 valence electrons. The Morgan fingerprint density at radius 1 is 0.857 bits per heavy atom. The zero-order chi connectivity index (χ0) is 4.24. The smallest absolute Gasteiger partial charge is 0.662 e. The van der Waals surface area contributed by atoms with Gasteiger partial charge in [-0.25, -0.2) is 0 Å². The van der Waals surface area contributed by atoms with Crippen molar-refractivity contribution in [2.45, 2.75) is 19.3 Å². The minimum Gasteiger partial charge on any atom is -0.662 e. The van der Waals surface area contributed by atoms with E-state index in [-0.39, 0.29) is 18.9 Å². The predicted molar refractivity (Wildman–Crippen MR) is 26.9 cm³/mol. The summed E-state index contributed by atoms with van der Waals surface area (Å²) in [4.78, 5) is 0. The molecule has 0 N–H and O–H groups in total. The topological polar surface area (TPSA) is 14.1 Å². The molecule has 7 heavy (non-hydrogen) atoms. The first-order valence-corrected chi connectivity index (χ1v) is 2.63. The molecule has 1 heterocycles.